The highest BCUT2D eigenvalue weighted by molar-refractivity contribution is 8.00. The van der Waals surface area contributed by atoms with Crippen molar-refractivity contribution in [3.63, 3.8) is 0 Å². The van der Waals surface area contributed by atoms with Gasteiger partial charge in [0.15, 0.2) is 5.16 Å². The van der Waals surface area contributed by atoms with Gasteiger partial charge in [0.05, 0.1) is 0 Å². The third-order valence-electron chi connectivity index (χ3n) is 2.09. The Morgan fingerprint density at radius 2 is 2.06 bits per heavy atom. The van der Waals surface area contributed by atoms with Crippen molar-refractivity contribution < 1.29 is 9.90 Å². The molecule has 0 amide bonds. The van der Waals surface area contributed by atoms with Crippen LogP contribution in [0.3, 0.4) is 0 Å². The van der Waals surface area contributed by atoms with Crippen molar-refractivity contribution in [2.75, 3.05) is 11.5 Å². The van der Waals surface area contributed by atoms with Gasteiger partial charge in [-0.1, -0.05) is 31.5 Å². The Kier molecular flexibility index (Phi) is 5.02. The molecule has 1 aromatic rings. The number of aliphatic carboxylic acids is 1. The van der Waals surface area contributed by atoms with E-state index < -0.39 is 11.2 Å². The largest absolute Gasteiger partial charge is 0.480 e. The van der Waals surface area contributed by atoms with E-state index in [2.05, 4.69) is 9.97 Å². The molecule has 0 aliphatic rings. The van der Waals surface area contributed by atoms with Gasteiger partial charge in [-0.15, -0.1) is 0 Å². The maximum atomic E-state index is 11.0. The number of carboxylic acids is 1. The fourth-order valence-electron chi connectivity index (χ4n) is 1.26. The molecule has 0 spiro atoms. The number of nitrogens with zero attached hydrogens (tertiary/aromatic N) is 2. The summed E-state index contributed by atoms with van der Waals surface area (Å²) in [6.07, 6.45) is 2.38. The first-order valence-corrected chi connectivity index (χ1v) is 6.20. The van der Waals surface area contributed by atoms with Crippen molar-refractivity contribution in [1.82, 2.24) is 9.97 Å². The first kappa shape index (κ1) is 13.6. The third-order valence-corrected chi connectivity index (χ3v) is 3.20. The summed E-state index contributed by atoms with van der Waals surface area (Å²) in [6.45, 7) is 2.01. The zero-order valence-corrected chi connectivity index (χ0v) is 10.4. The number of rotatable bonds is 6. The number of aromatic nitrogens is 2. The molecule has 0 fully saturated rings. The topological polar surface area (TPSA) is 115 Å². The van der Waals surface area contributed by atoms with Gasteiger partial charge in [-0.3, -0.25) is 4.79 Å². The summed E-state index contributed by atoms with van der Waals surface area (Å²) in [7, 11) is 0. The molecule has 0 radical (unpaired) electrons. The summed E-state index contributed by atoms with van der Waals surface area (Å²) >= 11 is 1.08. The van der Waals surface area contributed by atoms with Crippen LogP contribution in [0.25, 0.3) is 0 Å². The Balaban J connectivity index is 2.74. The van der Waals surface area contributed by atoms with Crippen molar-refractivity contribution in [2.45, 2.75) is 36.6 Å². The second-order valence-corrected chi connectivity index (χ2v) is 4.76. The van der Waals surface area contributed by atoms with Gasteiger partial charge in [-0.25, -0.2) is 9.97 Å². The molecule has 1 atom stereocenters. The van der Waals surface area contributed by atoms with Crippen LogP contribution < -0.4 is 11.5 Å². The number of thioether (sulfide) groups is 1. The molecule has 5 N–H and O–H groups in total. The number of nitrogen functional groups attached to an aromatic ring is 2. The minimum atomic E-state index is -0.868. The predicted octanol–water partition coefficient (Wildman–Crippen LogP) is 1.38. The number of hydrogen-bond donors (Lipinski definition) is 3. The highest BCUT2D eigenvalue weighted by atomic mass is 32.2. The van der Waals surface area contributed by atoms with Gasteiger partial charge in [-0.05, 0) is 6.42 Å². The third kappa shape index (κ3) is 4.48. The zero-order valence-electron chi connectivity index (χ0n) is 9.59. The lowest BCUT2D eigenvalue weighted by Crippen LogP contribution is -2.17. The van der Waals surface area contributed by atoms with E-state index in [4.69, 9.17) is 16.6 Å². The van der Waals surface area contributed by atoms with Gasteiger partial charge >= 0.3 is 5.97 Å². The zero-order chi connectivity index (χ0) is 12.8. The van der Waals surface area contributed by atoms with Gasteiger partial charge in [0.2, 0.25) is 0 Å². The van der Waals surface area contributed by atoms with Crippen molar-refractivity contribution >= 4 is 29.4 Å². The van der Waals surface area contributed by atoms with Crippen LogP contribution in [0, 0.1) is 0 Å². The normalized spacial score (nSPS) is 12.3. The molecule has 0 bridgehead atoms. The number of carboxylic acid groups (broad SMARTS) is 1. The van der Waals surface area contributed by atoms with E-state index in [0.29, 0.717) is 11.6 Å². The maximum absolute atomic E-state index is 11.0. The van der Waals surface area contributed by atoms with E-state index in [-0.39, 0.29) is 11.6 Å². The molecule has 7 heteroatoms. The number of nitrogens with two attached hydrogens (primary N) is 2. The maximum Gasteiger partial charge on any atom is 0.317 e. The second-order valence-electron chi connectivity index (χ2n) is 3.59. The summed E-state index contributed by atoms with van der Waals surface area (Å²) in [6, 6.07) is 1.44. The number of carbonyl (C=O) groups is 1. The fraction of sp³-hybridized carbons (Fsp3) is 0.500. The lowest BCUT2D eigenvalue weighted by atomic mass is 10.2. The Bertz CT molecular complexity index is 380. The lowest BCUT2D eigenvalue weighted by molar-refractivity contribution is -0.136. The minimum Gasteiger partial charge on any atom is -0.480 e. The molecular weight excluding hydrogens is 240 g/mol. The quantitative estimate of drug-likeness (QED) is 0.520. The number of anilines is 2. The molecule has 0 aliphatic heterocycles. The van der Waals surface area contributed by atoms with E-state index in [1.54, 1.807) is 0 Å². The van der Waals surface area contributed by atoms with Crippen LogP contribution in [0.2, 0.25) is 0 Å². The standard InChI is InChI=1S/C10H16N4O2S/c1-2-3-4-6(9(15)16)17-10-13-7(11)5-8(12)14-10/h5-6H,2-4H2,1H3,(H,15,16)(H4,11,12,13,14). The highest BCUT2D eigenvalue weighted by Crippen LogP contribution is 2.25. The molecule has 1 rings (SSSR count). The van der Waals surface area contributed by atoms with Gasteiger partial charge < -0.3 is 16.6 Å². The second kappa shape index (κ2) is 6.29. The molecule has 6 nitrogen and oxygen atoms in total. The Hall–Kier alpha value is -1.50. The molecule has 0 saturated carbocycles. The summed E-state index contributed by atoms with van der Waals surface area (Å²) in [5.41, 5.74) is 11.0. The Morgan fingerprint density at radius 1 is 1.47 bits per heavy atom. The van der Waals surface area contributed by atoms with E-state index in [1.807, 2.05) is 6.92 Å². The average Bonchev–Trinajstić information content (AvgIpc) is 2.22. The van der Waals surface area contributed by atoms with Crippen molar-refractivity contribution in [1.29, 1.82) is 0 Å². The smallest absolute Gasteiger partial charge is 0.317 e. The monoisotopic (exact) mass is 256 g/mol. The summed E-state index contributed by atoms with van der Waals surface area (Å²) in [4.78, 5) is 18.9. The minimum absolute atomic E-state index is 0.250. The molecule has 94 valence electrons. The van der Waals surface area contributed by atoms with Crippen LogP contribution in [-0.2, 0) is 4.79 Å². The van der Waals surface area contributed by atoms with Crippen LogP contribution >= 0.6 is 11.8 Å². The predicted molar refractivity (Wildman–Crippen MR) is 67.7 cm³/mol. The molecule has 1 heterocycles. The Morgan fingerprint density at radius 3 is 2.53 bits per heavy atom. The molecule has 0 saturated heterocycles. The fourth-order valence-corrected chi connectivity index (χ4v) is 2.22. The Labute approximate surface area is 104 Å². The molecule has 17 heavy (non-hydrogen) atoms. The highest BCUT2D eigenvalue weighted by Gasteiger charge is 2.20. The van der Waals surface area contributed by atoms with Crippen molar-refractivity contribution in [2.24, 2.45) is 0 Å². The van der Waals surface area contributed by atoms with Gasteiger partial charge in [0, 0.05) is 6.07 Å². The molecule has 0 aromatic carbocycles. The first-order valence-electron chi connectivity index (χ1n) is 5.32. The van der Waals surface area contributed by atoms with Crippen molar-refractivity contribution in [3.05, 3.63) is 6.07 Å². The summed E-state index contributed by atoms with van der Waals surface area (Å²) in [5, 5.41) is 8.81. The molecule has 1 aromatic heterocycles. The van der Waals surface area contributed by atoms with E-state index in [1.165, 1.54) is 6.07 Å². The summed E-state index contributed by atoms with van der Waals surface area (Å²) in [5.74, 6) is -0.368. The summed E-state index contributed by atoms with van der Waals surface area (Å²) < 4.78 is 0. The number of hydrogen-bond acceptors (Lipinski definition) is 6. The van der Waals surface area contributed by atoms with Crippen molar-refractivity contribution in [3.8, 4) is 0 Å². The van der Waals surface area contributed by atoms with Crippen LogP contribution in [0.15, 0.2) is 11.2 Å². The van der Waals surface area contributed by atoms with Crippen LogP contribution in [0.5, 0.6) is 0 Å². The van der Waals surface area contributed by atoms with Crippen LogP contribution in [0.4, 0.5) is 11.6 Å². The van der Waals surface area contributed by atoms with Crippen LogP contribution in [-0.4, -0.2) is 26.3 Å². The van der Waals surface area contributed by atoms with E-state index in [0.717, 1.165) is 24.6 Å². The first-order chi connectivity index (χ1) is 8.02. The average molecular weight is 256 g/mol. The van der Waals surface area contributed by atoms with Gasteiger partial charge in [0.1, 0.15) is 16.9 Å². The number of unbranched alkanes of at least 4 members (excludes halogenated alkanes) is 1. The van der Waals surface area contributed by atoms with Gasteiger partial charge in [-0.2, -0.15) is 0 Å². The lowest BCUT2D eigenvalue weighted by Gasteiger charge is -2.10. The van der Waals surface area contributed by atoms with Crippen LogP contribution in [0.1, 0.15) is 26.2 Å². The molecule has 0 aliphatic carbocycles. The SMILES string of the molecule is CCCCC(Sc1nc(N)cc(N)n1)C(=O)O. The van der Waals surface area contributed by atoms with E-state index >= 15 is 0 Å². The molecule has 1 unspecified atom stereocenters. The van der Waals surface area contributed by atoms with Gasteiger partial charge in [0.25, 0.3) is 0 Å². The molecular formula is C10H16N4O2S. The van der Waals surface area contributed by atoms with E-state index in [9.17, 15) is 4.79 Å².